The molecule has 0 amide bonds. The molecule has 0 aliphatic carbocycles. The lowest BCUT2D eigenvalue weighted by molar-refractivity contribution is 0.657. The zero-order chi connectivity index (χ0) is 6.95. The van der Waals surface area contributed by atoms with E-state index in [0.717, 1.165) is 6.42 Å². The van der Waals surface area contributed by atoms with Crippen LogP contribution in [-0.2, 0) is 0 Å². The summed E-state index contributed by atoms with van der Waals surface area (Å²) in [6, 6.07) is 0. The van der Waals surface area contributed by atoms with Gasteiger partial charge in [0.25, 0.3) is 0 Å². The molecular weight excluding hydrogens is 135 g/mol. The molecule has 56 valence electrons. The van der Waals surface area contributed by atoms with E-state index in [1.807, 2.05) is 0 Å². The van der Waals surface area contributed by atoms with E-state index >= 15 is 0 Å². The van der Waals surface area contributed by atoms with Crippen LogP contribution in [0.25, 0.3) is 0 Å². The monoisotopic (exact) mass is 150 g/mol. The molecule has 0 aromatic heterocycles. The lowest BCUT2D eigenvalue weighted by Gasteiger charge is -1.94. The van der Waals surface area contributed by atoms with Crippen molar-refractivity contribution in [3.63, 3.8) is 0 Å². The normalized spacial score (nSPS) is 10.0. The van der Waals surface area contributed by atoms with Gasteiger partial charge in [0.2, 0.25) is 0 Å². The molecule has 0 aromatic rings. The van der Waals surface area contributed by atoms with E-state index in [1.165, 1.54) is 25.7 Å². The Kier molecular flexibility index (Phi) is 8.54. The summed E-state index contributed by atoms with van der Waals surface area (Å²) in [7, 11) is 0. The fourth-order valence-electron chi connectivity index (χ4n) is 0.760. The van der Waals surface area contributed by atoms with Crippen LogP contribution < -0.4 is 0 Å². The Bertz CT molecular complexity index is 42.2. The first kappa shape index (κ1) is 9.28. The highest BCUT2D eigenvalue weighted by atomic mass is 32.2. The topological polar surface area (TPSA) is 0 Å². The molecule has 0 fully saturated rings. The number of hydrogen-bond donors (Lipinski definition) is 0. The maximum Gasteiger partial charge on any atom is 0.0443 e. The highest BCUT2D eigenvalue weighted by molar-refractivity contribution is 7.94. The molecule has 0 nitrogen and oxygen atoms in total. The summed E-state index contributed by atoms with van der Waals surface area (Å²) in [6.07, 6.45) is 6.09. The largest absolute Gasteiger partial charge is 0.165 e. The van der Waals surface area contributed by atoms with E-state index in [4.69, 9.17) is 0 Å². The van der Waals surface area contributed by atoms with Crippen LogP contribution in [0, 0.1) is 0 Å². The molecule has 0 aliphatic rings. The van der Waals surface area contributed by atoms with Gasteiger partial charge >= 0.3 is 0 Å². The Hall–Kier alpha value is 0.280. The Morgan fingerprint density at radius 3 is 2.33 bits per heavy atom. The molecule has 0 radical (unpaired) electrons. The van der Waals surface area contributed by atoms with E-state index < -0.39 is 0 Å². The van der Waals surface area contributed by atoms with Gasteiger partial charge in [-0.2, -0.15) is 3.89 Å². The predicted octanol–water partition coefficient (Wildman–Crippen LogP) is 3.57. The third-order valence-corrected chi connectivity index (χ3v) is 1.77. The van der Waals surface area contributed by atoms with Crippen molar-refractivity contribution in [2.45, 2.75) is 39.0 Å². The molecule has 9 heavy (non-hydrogen) atoms. The zero-order valence-electron chi connectivity index (χ0n) is 6.03. The molecule has 0 saturated carbocycles. The van der Waals surface area contributed by atoms with E-state index in [2.05, 4.69) is 6.92 Å². The van der Waals surface area contributed by atoms with Gasteiger partial charge in [-0.3, -0.25) is 0 Å². The third-order valence-electron chi connectivity index (χ3n) is 1.33. The predicted molar refractivity (Wildman–Crippen MR) is 42.3 cm³/mol. The summed E-state index contributed by atoms with van der Waals surface area (Å²) in [5.74, 6) is 0.684. The fourth-order valence-corrected chi connectivity index (χ4v) is 1.07. The quantitative estimate of drug-likeness (QED) is 0.521. The van der Waals surface area contributed by atoms with Crippen molar-refractivity contribution in [1.29, 1.82) is 0 Å². The van der Waals surface area contributed by atoms with E-state index in [0.29, 0.717) is 17.9 Å². The summed E-state index contributed by atoms with van der Waals surface area (Å²) in [6.45, 7) is 2.18. The van der Waals surface area contributed by atoms with E-state index in [-0.39, 0.29) is 0 Å². The first-order chi connectivity index (χ1) is 4.41. The van der Waals surface area contributed by atoms with Gasteiger partial charge in [0.15, 0.2) is 0 Å². The first-order valence-electron chi connectivity index (χ1n) is 3.65. The smallest absolute Gasteiger partial charge is 0.0443 e. The van der Waals surface area contributed by atoms with Crippen molar-refractivity contribution in [2.24, 2.45) is 0 Å². The molecule has 0 unspecified atom stereocenters. The standard InChI is InChI=1S/C7H15FS/c1-2-3-4-5-6-7-9-8/h2-7H2,1H3. The molecule has 0 N–H and O–H groups in total. The molecule has 0 saturated heterocycles. The van der Waals surface area contributed by atoms with Crippen LogP contribution in [0.15, 0.2) is 0 Å². The Morgan fingerprint density at radius 1 is 1.11 bits per heavy atom. The third kappa shape index (κ3) is 8.28. The zero-order valence-corrected chi connectivity index (χ0v) is 6.85. The second-order valence-corrected chi connectivity index (χ2v) is 2.85. The van der Waals surface area contributed by atoms with Crippen molar-refractivity contribution in [1.82, 2.24) is 0 Å². The summed E-state index contributed by atoms with van der Waals surface area (Å²) >= 11 is 0.460. The molecule has 0 bridgehead atoms. The first-order valence-corrected chi connectivity index (χ1v) is 4.54. The number of rotatable bonds is 6. The minimum atomic E-state index is 0.460. The second kappa shape index (κ2) is 8.28. The van der Waals surface area contributed by atoms with Crippen molar-refractivity contribution in [2.75, 3.05) is 5.75 Å². The van der Waals surface area contributed by atoms with Gasteiger partial charge in [-0.15, -0.1) is 0 Å². The number of halogens is 1. The lowest BCUT2D eigenvalue weighted by atomic mass is 10.2. The Labute approximate surface area is 61.5 Å². The molecule has 0 aromatic carbocycles. The van der Waals surface area contributed by atoms with Gasteiger partial charge in [0.05, 0.1) is 0 Å². The summed E-state index contributed by atoms with van der Waals surface area (Å²) in [5.41, 5.74) is 0. The van der Waals surface area contributed by atoms with Gasteiger partial charge in [-0.05, 0) is 6.42 Å². The Balaban J connectivity index is 2.60. The number of hydrogen-bond acceptors (Lipinski definition) is 1. The highest BCUT2D eigenvalue weighted by Gasteiger charge is 1.87. The van der Waals surface area contributed by atoms with Crippen LogP contribution in [0.3, 0.4) is 0 Å². The summed E-state index contributed by atoms with van der Waals surface area (Å²) in [4.78, 5) is 0. The van der Waals surface area contributed by atoms with E-state index in [9.17, 15) is 3.89 Å². The van der Waals surface area contributed by atoms with Gasteiger partial charge in [0.1, 0.15) is 0 Å². The number of unbranched alkanes of at least 4 members (excludes halogenated alkanes) is 4. The van der Waals surface area contributed by atoms with Crippen molar-refractivity contribution in [3.05, 3.63) is 0 Å². The molecule has 0 heterocycles. The van der Waals surface area contributed by atoms with Gasteiger partial charge in [-0.25, -0.2) is 0 Å². The van der Waals surface area contributed by atoms with Crippen LogP contribution in [-0.4, -0.2) is 5.75 Å². The average molecular weight is 150 g/mol. The van der Waals surface area contributed by atoms with Crippen LogP contribution in [0.4, 0.5) is 3.89 Å². The van der Waals surface area contributed by atoms with Crippen molar-refractivity contribution < 1.29 is 3.89 Å². The SMILES string of the molecule is CCCCCCCSF. The fraction of sp³-hybridized carbons (Fsp3) is 1.00. The molecule has 0 atom stereocenters. The van der Waals surface area contributed by atoms with Gasteiger partial charge in [0, 0.05) is 17.9 Å². The van der Waals surface area contributed by atoms with Gasteiger partial charge < -0.3 is 0 Å². The maximum absolute atomic E-state index is 11.4. The lowest BCUT2D eigenvalue weighted by Crippen LogP contribution is -1.78. The van der Waals surface area contributed by atoms with Crippen LogP contribution in [0.1, 0.15) is 39.0 Å². The summed E-state index contributed by atoms with van der Waals surface area (Å²) in [5, 5.41) is 0. The van der Waals surface area contributed by atoms with Crippen LogP contribution in [0.2, 0.25) is 0 Å². The second-order valence-electron chi connectivity index (χ2n) is 2.23. The van der Waals surface area contributed by atoms with Crippen LogP contribution >= 0.6 is 12.1 Å². The minimum Gasteiger partial charge on any atom is -0.165 e. The Morgan fingerprint density at radius 2 is 1.78 bits per heavy atom. The molecule has 0 aliphatic heterocycles. The van der Waals surface area contributed by atoms with Crippen molar-refractivity contribution in [3.8, 4) is 0 Å². The highest BCUT2D eigenvalue weighted by Crippen LogP contribution is 2.08. The van der Waals surface area contributed by atoms with Gasteiger partial charge in [-0.1, -0.05) is 32.6 Å². The van der Waals surface area contributed by atoms with E-state index in [1.54, 1.807) is 0 Å². The maximum atomic E-state index is 11.4. The van der Waals surface area contributed by atoms with Crippen LogP contribution in [0.5, 0.6) is 0 Å². The summed E-state index contributed by atoms with van der Waals surface area (Å²) < 4.78 is 11.4. The molecule has 0 spiro atoms. The van der Waals surface area contributed by atoms with Crippen molar-refractivity contribution >= 4 is 12.1 Å². The average Bonchev–Trinajstić information content (AvgIpc) is 1.89. The molecule has 2 heteroatoms. The molecular formula is C7H15FS. The molecule has 0 rings (SSSR count). The minimum absolute atomic E-state index is 0.460.